The van der Waals surface area contributed by atoms with Crippen molar-refractivity contribution in [3.63, 3.8) is 0 Å². The van der Waals surface area contributed by atoms with Crippen LogP contribution in [0.2, 0.25) is 0 Å². The van der Waals surface area contributed by atoms with Gasteiger partial charge >= 0.3 is 0 Å². The Morgan fingerprint density at radius 3 is 2.88 bits per heavy atom. The topological polar surface area (TPSA) is 81.2 Å². The number of benzene rings is 1. The molecule has 0 bridgehead atoms. The van der Waals surface area contributed by atoms with Crippen LogP contribution in [0.3, 0.4) is 0 Å². The van der Waals surface area contributed by atoms with Crippen molar-refractivity contribution >= 4 is 5.69 Å². The number of nitro groups is 1. The van der Waals surface area contributed by atoms with Crippen molar-refractivity contribution in [2.24, 2.45) is 5.73 Å². The molecule has 1 aromatic rings. The van der Waals surface area contributed by atoms with Crippen LogP contribution in [0.4, 0.5) is 5.69 Å². The molecule has 0 aliphatic carbocycles. The number of hydrogen-bond donors (Lipinski definition) is 2. The van der Waals surface area contributed by atoms with Crippen molar-refractivity contribution in [2.75, 3.05) is 13.1 Å². The highest BCUT2D eigenvalue weighted by Crippen LogP contribution is 2.21. The van der Waals surface area contributed by atoms with Gasteiger partial charge in [0, 0.05) is 18.2 Å². The summed E-state index contributed by atoms with van der Waals surface area (Å²) in [5.41, 5.74) is 6.53. The van der Waals surface area contributed by atoms with E-state index < -0.39 is 0 Å². The van der Waals surface area contributed by atoms with Gasteiger partial charge in [0.25, 0.3) is 5.69 Å². The number of nitrogens with zero attached hydrogens (tertiary/aromatic N) is 1. The van der Waals surface area contributed by atoms with Gasteiger partial charge in [-0.1, -0.05) is 19.1 Å². The minimum absolute atomic E-state index is 0.140. The third-order valence-corrected chi connectivity index (χ3v) is 2.66. The Morgan fingerprint density at radius 1 is 1.53 bits per heavy atom. The predicted molar refractivity (Wildman–Crippen MR) is 67.8 cm³/mol. The van der Waals surface area contributed by atoms with Crippen molar-refractivity contribution in [3.05, 3.63) is 39.9 Å². The van der Waals surface area contributed by atoms with Gasteiger partial charge in [0.05, 0.1) is 4.92 Å². The average Bonchev–Trinajstić information content (AvgIpc) is 2.35. The van der Waals surface area contributed by atoms with Crippen LogP contribution in [0.5, 0.6) is 0 Å². The number of nitro benzene ring substituents is 1. The van der Waals surface area contributed by atoms with Crippen LogP contribution in [0, 0.1) is 10.1 Å². The molecule has 0 fully saturated rings. The normalized spacial score (nSPS) is 12.4. The summed E-state index contributed by atoms with van der Waals surface area (Å²) in [6.07, 6.45) is 1.80. The highest BCUT2D eigenvalue weighted by molar-refractivity contribution is 5.35. The molecular weight excluding hydrogens is 218 g/mol. The molecule has 5 nitrogen and oxygen atoms in total. The summed E-state index contributed by atoms with van der Waals surface area (Å²) < 4.78 is 0. The lowest BCUT2D eigenvalue weighted by molar-refractivity contribution is -0.384. The van der Waals surface area contributed by atoms with E-state index in [1.54, 1.807) is 12.1 Å². The molecule has 0 spiro atoms. The summed E-state index contributed by atoms with van der Waals surface area (Å²) in [6.45, 7) is 3.54. The van der Waals surface area contributed by atoms with Crippen LogP contribution < -0.4 is 11.1 Å². The number of hydrogen-bond acceptors (Lipinski definition) is 4. The average molecular weight is 237 g/mol. The van der Waals surface area contributed by atoms with Crippen LogP contribution in [-0.2, 0) is 0 Å². The highest BCUT2D eigenvalue weighted by atomic mass is 16.6. The molecule has 0 aliphatic rings. The Labute approximate surface area is 101 Å². The molecule has 0 aliphatic heterocycles. The summed E-state index contributed by atoms with van der Waals surface area (Å²) in [5.74, 6) is 0. The first kappa shape index (κ1) is 13.6. The van der Waals surface area contributed by atoms with E-state index >= 15 is 0 Å². The second-order valence-electron chi connectivity index (χ2n) is 3.91. The van der Waals surface area contributed by atoms with E-state index in [9.17, 15) is 10.1 Å². The van der Waals surface area contributed by atoms with Crippen molar-refractivity contribution in [1.82, 2.24) is 5.32 Å². The molecule has 0 heterocycles. The minimum Gasteiger partial charge on any atom is -0.330 e. The zero-order valence-electron chi connectivity index (χ0n) is 10.1. The van der Waals surface area contributed by atoms with Crippen LogP contribution in [0.1, 0.15) is 31.4 Å². The molecule has 0 aromatic heterocycles. The second kappa shape index (κ2) is 6.98. The van der Waals surface area contributed by atoms with E-state index in [1.165, 1.54) is 6.07 Å². The number of nitrogens with two attached hydrogens (primary N) is 1. The molecule has 0 saturated carbocycles. The second-order valence-corrected chi connectivity index (χ2v) is 3.91. The Balaban J connectivity index is 2.73. The SMILES string of the molecule is CCC(NCCCN)c1cccc([N+](=O)[O-])c1. The molecule has 0 radical (unpaired) electrons. The first-order valence-electron chi connectivity index (χ1n) is 5.86. The Bertz CT molecular complexity index is 369. The van der Waals surface area contributed by atoms with Crippen LogP contribution in [0.25, 0.3) is 0 Å². The number of non-ortho nitro benzene ring substituents is 1. The van der Waals surface area contributed by atoms with Crippen LogP contribution in [0.15, 0.2) is 24.3 Å². The van der Waals surface area contributed by atoms with Crippen molar-refractivity contribution in [1.29, 1.82) is 0 Å². The van der Waals surface area contributed by atoms with Crippen molar-refractivity contribution < 1.29 is 4.92 Å². The van der Waals surface area contributed by atoms with Gasteiger partial charge < -0.3 is 11.1 Å². The first-order valence-corrected chi connectivity index (χ1v) is 5.86. The molecular formula is C12H19N3O2. The van der Waals surface area contributed by atoms with E-state index in [4.69, 9.17) is 5.73 Å². The Kier molecular flexibility index (Phi) is 5.59. The van der Waals surface area contributed by atoms with E-state index in [1.807, 2.05) is 6.07 Å². The van der Waals surface area contributed by atoms with Gasteiger partial charge in [-0.2, -0.15) is 0 Å². The quantitative estimate of drug-likeness (QED) is 0.431. The maximum atomic E-state index is 10.7. The fourth-order valence-corrected chi connectivity index (χ4v) is 1.73. The van der Waals surface area contributed by atoms with E-state index in [2.05, 4.69) is 12.2 Å². The molecule has 3 N–H and O–H groups in total. The molecule has 1 rings (SSSR count). The van der Waals surface area contributed by atoms with Gasteiger partial charge in [-0.3, -0.25) is 10.1 Å². The molecule has 0 amide bonds. The fraction of sp³-hybridized carbons (Fsp3) is 0.500. The monoisotopic (exact) mass is 237 g/mol. The summed E-state index contributed by atoms with van der Waals surface area (Å²) in [5, 5.41) is 14.0. The summed E-state index contributed by atoms with van der Waals surface area (Å²) in [7, 11) is 0. The maximum Gasteiger partial charge on any atom is 0.269 e. The van der Waals surface area contributed by atoms with Crippen LogP contribution in [-0.4, -0.2) is 18.0 Å². The molecule has 5 heteroatoms. The van der Waals surface area contributed by atoms with Crippen molar-refractivity contribution in [2.45, 2.75) is 25.8 Å². The van der Waals surface area contributed by atoms with E-state index in [0.717, 1.165) is 24.9 Å². The summed E-state index contributed by atoms with van der Waals surface area (Å²) in [4.78, 5) is 10.3. The smallest absolute Gasteiger partial charge is 0.269 e. The molecule has 1 unspecified atom stereocenters. The standard InChI is InChI=1S/C12H19N3O2/c1-2-12(14-8-4-7-13)10-5-3-6-11(9-10)15(16)17/h3,5-6,9,12,14H,2,4,7-8,13H2,1H3. The van der Waals surface area contributed by atoms with Crippen molar-refractivity contribution in [3.8, 4) is 0 Å². The zero-order valence-corrected chi connectivity index (χ0v) is 10.1. The van der Waals surface area contributed by atoms with E-state index in [0.29, 0.717) is 6.54 Å². The Morgan fingerprint density at radius 2 is 2.29 bits per heavy atom. The molecule has 1 atom stereocenters. The third-order valence-electron chi connectivity index (χ3n) is 2.66. The third kappa shape index (κ3) is 4.13. The summed E-state index contributed by atoms with van der Waals surface area (Å²) in [6, 6.07) is 6.93. The zero-order chi connectivity index (χ0) is 12.7. The maximum absolute atomic E-state index is 10.7. The van der Waals surface area contributed by atoms with Gasteiger partial charge in [0.1, 0.15) is 0 Å². The molecule has 94 valence electrons. The number of nitrogens with one attached hydrogen (secondary N) is 1. The number of rotatable bonds is 7. The largest absolute Gasteiger partial charge is 0.330 e. The predicted octanol–water partition coefficient (Wildman–Crippen LogP) is 1.98. The lowest BCUT2D eigenvalue weighted by Crippen LogP contribution is -2.23. The first-order chi connectivity index (χ1) is 8.19. The molecule has 0 saturated heterocycles. The fourth-order valence-electron chi connectivity index (χ4n) is 1.73. The van der Waals surface area contributed by atoms with Gasteiger partial charge in [-0.15, -0.1) is 0 Å². The van der Waals surface area contributed by atoms with Gasteiger partial charge in [-0.25, -0.2) is 0 Å². The molecule has 1 aromatic carbocycles. The lowest BCUT2D eigenvalue weighted by atomic mass is 10.0. The van der Waals surface area contributed by atoms with Gasteiger partial charge in [0.2, 0.25) is 0 Å². The Hall–Kier alpha value is -1.46. The summed E-state index contributed by atoms with van der Waals surface area (Å²) >= 11 is 0. The highest BCUT2D eigenvalue weighted by Gasteiger charge is 2.12. The lowest BCUT2D eigenvalue weighted by Gasteiger charge is -2.16. The molecule has 17 heavy (non-hydrogen) atoms. The van der Waals surface area contributed by atoms with Gasteiger partial charge in [0.15, 0.2) is 0 Å². The minimum atomic E-state index is -0.365. The van der Waals surface area contributed by atoms with Gasteiger partial charge in [-0.05, 0) is 31.5 Å². The van der Waals surface area contributed by atoms with E-state index in [-0.39, 0.29) is 16.7 Å². The van der Waals surface area contributed by atoms with Crippen LogP contribution >= 0.6 is 0 Å².